The van der Waals surface area contributed by atoms with Crippen molar-refractivity contribution in [2.24, 2.45) is 0 Å². The highest BCUT2D eigenvalue weighted by atomic mass is 31.2. The molecule has 2 heterocycles. The smallest absolute Gasteiger partial charge is 0.323 e. The maximum Gasteiger partial charge on any atom is 0.323 e. The fourth-order valence-corrected chi connectivity index (χ4v) is 5.20. The molecular formula is C21H36N7O7P. The van der Waals surface area contributed by atoms with Gasteiger partial charge in [-0.1, -0.05) is 6.92 Å². The fraction of sp³-hybridized carbons (Fsp3) is 0.667. The van der Waals surface area contributed by atoms with Gasteiger partial charge in [0.15, 0.2) is 11.2 Å². The minimum absolute atomic E-state index is 0.0510. The molecule has 4 N–H and O–H groups in total. The number of hydrogen-bond acceptors (Lipinski definition) is 11. The number of carbonyl (C=O) groups excluding carboxylic acids is 2. The van der Waals surface area contributed by atoms with Gasteiger partial charge in [-0.2, -0.15) is 9.97 Å². The Balaban J connectivity index is 2.08. The van der Waals surface area contributed by atoms with Crippen molar-refractivity contribution in [3.8, 4) is 5.88 Å². The van der Waals surface area contributed by atoms with Crippen molar-refractivity contribution in [1.82, 2.24) is 29.7 Å². The van der Waals surface area contributed by atoms with Gasteiger partial charge in [0.05, 0.1) is 32.8 Å². The van der Waals surface area contributed by atoms with Crippen LogP contribution in [0.3, 0.4) is 0 Å². The van der Waals surface area contributed by atoms with E-state index in [0.29, 0.717) is 30.2 Å². The molecule has 0 saturated carbocycles. The Morgan fingerprint density at radius 2 is 1.67 bits per heavy atom. The lowest BCUT2D eigenvalue weighted by molar-refractivity contribution is -0.145. The molecule has 0 radical (unpaired) electrons. The number of hydrogen-bond donors (Lipinski definition) is 3. The molecule has 0 amide bonds. The normalized spacial score (nSPS) is 13.4. The summed E-state index contributed by atoms with van der Waals surface area (Å²) in [6.07, 6.45) is 2.05. The van der Waals surface area contributed by atoms with Crippen molar-refractivity contribution >= 4 is 36.5 Å². The van der Waals surface area contributed by atoms with Crippen molar-refractivity contribution in [1.29, 1.82) is 0 Å². The molecule has 0 aliphatic heterocycles. The predicted molar refractivity (Wildman–Crippen MR) is 132 cm³/mol. The van der Waals surface area contributed by atoms with E-state index in [2.05, 4.69) is 25.1 Å². The van der Waals surface area contributed by atoms with Crippen LogP contribution in [-0.4, -0.2) is 76.3 Å². The number of fused-ring (bicyclic) bond motifs is 1. The maximum absolute atomic E-state index is 13.6. The molecule has 0 aliphatic carbocycles. The summed E-state index contributed by atoms with van der Waals surface area (Å²) in [4.78, 5) is 36.8. The number of rotatable bonds is 16. The second-order valence-electron chi connectivity index (χ2n) is 7.83. The molecule has 0 saturated heterocycles. The molecule has 2 aromatic heterocycles. The van der Waals surface area contributed by atoms with Crippen LogP contribution in [0.4, 0.5) is 5.95 Å². The van der Waals surface area contributed by atoms with Gasteiger partial charge in [0.25, 0.3) is 0 Å². The van der Waals surface area contributed by atoms with E-state index in [1.807, 2.05) is 6.92 Å². The number of esters is 2. The summed E-state index contributed by atoms with van der Waals surface area (Å²) in [6, 6.07) is -1.81. The highest BCUT2D eigenvalue weighted by molar-refractivity contribution is 7.59. The third kappa shape index (κ3) is 8.40. The summed E-state index contributed by atoms with van der Waals surface area (Å²) in [7, 11) is -3.58. The number of nitrogens with one attached hydrogen (secondary N) is 2. The van der Waals surface area contributed by atoms with Gasteiger partial charge in [-0.3, -0.25) is 14.2 Å². The Morgan fingerprint density at radius 1 is 1.06 bits per heavy atom. The molecule has 202 valence electrons. The molecule has 0 aromatic carbocycles. The minimum atomic E-state index is -3.58. The summed E-state index contributed by atoms with van der Waals surface area (Å²) in [6.45, 7) is 9.59. The molecule has 14 nitrogen and oxygen atoms in total. The van der Waals surface area contributed by atoms with Gasteiger partial charge in [0.1, 0.15) is 18.4 Å². The van der Waals surface area contributed by atoms with Crippen LogP contribution in [-0.2, 0) is 34.9 Å². The van der Waals surface area contributed by atoms with E-state index < -0.39 is 31.5 Å². The number of nitrogens with two attached hydrogens (primary N) is 1. The Morgan fingerprint density at radius 3 is 2.22 bits per heavy atom. The second-order valence-corrected chi connectivity index (χ2v) is 10.1. The Hall–Kier alpha value is -2.80. The maximum atomic E-state index is 13.6. The molecule has 2 aromatic rings. The van der Waals surface area contributed by atoms with Gasteiger partial charge >= 0.3 is 11.9 Å². The molecule has 0 bridgehead atoms. The highest BCUT2D eigenvalue weighted by Crippen LogP contribution is 2.37. The van der Waals surface area contributed by atoms with Crippen LogP contribution < -0.4 is 20.6 Å². The van der Waals surface area contributed by atoms with E-state index >= 15 is 0 Å². The van der Waals surface area contributed by atoms with Gasteiger partial charge in [0, 0.05) is 6.54 Å². The molecule has 0 spiro atoms. The molecule has 0 unspecified atom stereocenters. The topological polar surface area (TPSA) is 182 Å². The number of anilines is 1. The van der Waals surface area contributed by atoms with Gasteiger partial charge < -0.3 is 29.2 Å². The zero-order chi connectivity index (χ0) is 26.7. The van der Waals surface area contributed by atoms with E-state index in [9.17, 15) is 14.2 Å². The summed E-state index contributed by atoms with van der Waals surface area (Å²) >= 11 is 0. The van der Waals surface area contributed by atoms with Crippen LogP contribution >= 0.6 is 7.44 Å². The molecule has 2 atom stereocenters. The van der Waals surface area contributed by atoms with E-state index in [1.165, 1.54) is 13.8 Å². The van der Waals surface area contributed by atoms with Crippen LogP contribution in [0.15, 0.2) is 6.33 Å². The van der Waals surface area contributed by atoms with Gasteiger partial charge in [0.2, 0.25) is 19.3 Å². The largest absolute Gasteiger partial charge is 0.476 e. The molecule has 0 aliphatic rings. The van der Waals surface area contributed by atoms with E-state index in [1.54, 1.807) is 24.7 Å². The average Bonchev–Trinajstić information content (AvgIpc) is 3.23. The molecule has 2 rings (SSSR count). The van der Waals surface area contributed by atoms with Crippen LogP contribution in [0.5, 0.6) is 5.88 Å². The quantitative estimate of drug-likeness (QED) is 0.161. The average molecular weight is 530 g/mol. The third-order valence-corrected chi connectivity index (χ3v) is 6.88. The molecular weight excluding hydrogens is 493 g/mol. The van der Waals surface area contributed by atoms with Crippen LogP contribution in [0.1, 0.15) is 41.0 Å². The molecule has 36 heavy (non-hydrogen) atoms. The first-order chi connectivity index (χ1) is 17.1. The summed E-state index contributed by atoms with van der Waals surface area (Å²) in [5.74, 6) is -0.800. The number of carbonyl (C=O) groups is 2. The van der Waals surface area contributed by atoms with E-state index in [4.69, 9.17) is 24.7 Å². The zero-order valence-corrected chi connectivity index (χ0v) is 22.2. The van der Waals surface area contributed by atoms with Gasteiger partial charge in [-0.25, -0.2) is 15.2 Å². The summed E-state index contributed by atoms with van der Waals surface area (Å²) in [5, 5.41) is 5.46. The zero-order valence-electron chi connectivity index (χ0n) is 21.4. The van der Waals surface area contributed by atoms with Gasteiger partial charge in [-0.15, -0.1) is 0 Å². The van der Waals surface area contributed by atoms with Crippen LogP contribution in [0.25, 0.3) is 11.2 Å². The van der Waals surface area contributed by atoms with Crippen LogP contribution in [0, 0.1) is 0 Å². The first-order valence-electron chi connectivity index (χ1n) is 11.8. The lowest BCUT2D eigenvalue weighted by Gasteiger charge is -2.26. The first-order valence-corrected chi connectivity index (χ1v) is 13.7. The lowest BCUT2D eigenvalue weighted by Crippen LogP contribution is -2.42. The number of nitrogen functional groups attached to an aromatic ring is 1. The predicted octanol–water partition coefficient (Wildman–Crippen LogP) is 1.45. The second kappa shape index (κ2) is 14.1. The number of nitrogens with zero attached hydrogens (tertiary/aromatic N) is 4. The Labute approximate surface area is 210 Å². The van der Waals surface area contributed by atoms with E-state index in [-0.39, 0.29) is 32.1 Å². The fourth-order valence-electron chi connectivity index (χ4n) is 3.13. The highest BCUT2D eigenvalue weighted by Gasteiger charge is 2.32. The molecule has 0 fully saturated rings. The standard InChI is InChI=1S/C21H36N7O7P/c1-6-10-35-18-16-17(24-21(22)25-18)28(12-23-16)9-11-32-13-36(31,26-14(4)19(29)33-7-2)27-15(5)20(30)34-8-3/h12,14-15H,6-11,13H2,1-5H3,(H2,22,24,25)(H2,26,27,31)/t14-,15-/m0/s1. The summed E-state index contributed by atoms with van der Waals surface area (Å²) in [5.41, 5.74) is 6.76. The van der Waals surface area contributed by atoms with Crippen molar-refractivity contribution in [3.63, 3.8) is 0 Å². The SMILES string of the molecule is CCCOc1nc(N)nc2c1ncn2CCOCP(=O)(N[C@@H](C)C(=O)OCC)N[C@@H](C)C(=O)OCC. The Bertz CT molecular complexity index is 1030. The monoisotopic (exact) mass is 529 g/mol. The number of imidazole rings is 1. The minimum Gasteiger partial charge on any atom is -0.476 e. The van der Waals surface area contributed by atoms with Gasteiger partial charge in [-0.05, 0) is 34.1 Å². The van der Waals surface area contributed by atoms with Crippen molar-refractivity contribution < 1.29 is 33.1 Å². The van der Waals surface area contributed by atoms with Crippen molar-refractivity contribution in [2.75, 3.05) is 38.5 Å². The number of ether oxygens (including phenoxy) is 4. The van der Waals surface area contributed by atoms with Crippen molar-refractivity contribution in [2.45, 2.75) is 59.7 Å². The van der Waals surface area contributed by atoms with Crippen molar-refractivity contribution in [3.05, 3.63) is 6.33 Å². The summed E-state index contributed by atoms with van der Waals surface area (Å²) < 4.78 is 36.5. The van der Waals surface area contributed by atoms with E-state index in [0.717, 1.165) is 6.42 Å². The lowest BCUT2D eigenvalue weighted by atomic mass is 10.4. The molecule has 15 heteroatoms. The first kappa shape index (κ1) is 29.4. The van der Waals surface area contributed by atoms with Crippen LogP contribution in [0.2, 0.25) is 0 Å². The Kier molecular flexibility index (Phi) is 11.5. The number of aromatic nitrogens is 4. The third-order valence-electron chi connectivity index (χ3n) is 4.73.